The Labute approximate surface area is 82.3 Å². The first kappa shape index (κ1) is 9.51. The highest BCUT2D eigenvalue weighted by molar-refractivity contribution is 5.02. The van der Waals surface area contributed by atoms with Gasteiger partial charge in [-0.3, -0.25) is 0 Å². The summed E-state index contributed by atoms with van der Waals surface area (Å²) in [6.07, 6.45) is 10.1. The highest BCUT2D eigenvalue weighted by Crippen LogP contribution is 2.45. The van der Waals surface area contributed by atoms with Crippen molar-refractivity contribution in [2.24, 2.45) is 5.41 Å². The third kappa shape index (κ3) is 2.46. The molecule has 0 radical (unpaired) electrons. The van der Waals surface area contributed by atoms with Gasteiger partial charge in [-0.15, -0.1) is 0 Å². The highest BCUT2D eigenvalue weighted by Gasteiger charge is 2.46. The predicted molar refractivity (Wildman–Crippen MR) is 56.8 cm³/mol. The minimum Gasteiger partial charge on any atom is -0.311 e. The van der Waals surface area contributed by atoms with Crippen LogP contribution in [0.15, 0.2) is 0 Å². The molecule has 13 heavy (non-hydrogen) atoms. The minimum atomic E-state index is 0.603. The SMILES string of the molecule is CC1(C)CC1NC1CCCCCC1. The van der Waals surface area contributed by atoms with Crippen molar-refractivity contribution in [2.75, 3.05) is 0 Å². The fraction of sp³-hybridized carbons (Fsp3) is 1.00. The zero-order chi connectivity index (χ0) is 9.31. The van der Waals surface area contributed by atoms with Gasteiger partial charge >= 0.3 is 0 Å². The Hall–Kier alpha value is -0.0400. The van der Waals surface area contributed by atoms with Gasteiger partial charge in [0.1, 0.15) is 0 Å². The van der Waals surface area contributed by atoms with Gasteiger partial charge < -0.3 is 5.32 Å². The van der Waals surface area contributed by atoms with E-state index >= 15 is 0 Å². The largest absolute Gasteiger partial charge is 0.311 e. The molecule has 1 N–H and O–H groups in total. The van der Waals surface area contributed by atoms with Crippen LogP contribution in [0.1, 0.15) is 58.8 Å². The van der Waals surface area contributed by atoms with Crippen molar-refractivity contribution in [3.63, 3.8) is 0 Å². The van der Waals surface area contributed by atoms with Crippen molar-refractivity contribution in [3.05, 3.63) is 0 Å². The van der Waals surface area contributed by atoms with Crippen molar-refractivity contribution in [1.29, 1.82) is 0 Å². The molecule has 1 heteroatoms. The minimum absolute atomic E-state index is 0.603. The van der Waals surface area contributed by atoms with Gasteiger partial charge in [0.05, 0.1) is 0 Å². The van der Waals surface area contributed by atoms with Gasteiger partial charge in [-0.2, -0.15) is 0 Å². The fourth-order valence-electron chi connectivity index (χ4n) is 2.48. The van der Waals surface area contributed by atoms with E-state index in [4.69, 9.17) is 0 Å². The monoisotopic (exact) mass is 181 g/mol. The molecule has 0 aromatic heterocycles. The summed E-state index contributed by atoms with van der Waals surface area (Å²) in [5, 5.41) is 3.82. The number of hydrogen-bond acceptors (Lipinski definition) is 1. The second-order valence-corrected chi connectivity index (χ2v) is 5.60. The number of rotatable bonds is 2. The molecule has 1 unspecified atom stereocenters. The summed E-state index contributed by atoms with van der Waals surface area (Å²) in [4.78, 5) is 0. The average Bonchev–Trinajstić information content (AvgIpc) is 2.73. The quantitative estimate of drug-likeness (QED) is 0.645. The Kier molecular flexibility index (Phi) is 2.64. The fourth-order valence-corrected chi connectivity index (χ4v) is 2.48. The van der Waals surface area contributed by atoms with Crippen molar-refractivity contribution in [3.8, 4) is 0 Å². The molecule has 76 valence electrons. The molecule has 2 fully saturated rings. The van der Waals surface area contributed by atoms with E-state index in [0.717, 1.165) is 12.1 Å². The van der Waals surface area contributed by atoms with Crippen molar-refractivity contribution >= 4 is 0 Å². The van der Waals surface area contributed by atoms with Crippen LogP contribution in [0.4, 0.5) is 0 Å². The second-order valence-electron chi connectivity index (χ2n) is 5.60. The van der Waals surface area contributed by atoms with Gasteiger partial charge in [0, 0.05) is 12.1 Å². The molecular formula is C12H23N. The van der Waals surface area contributed by atoms with E-state index in [2.05, 4.69) is 19.2 Å². The average molecular weight is 181 g/mol. The van der Waals surface area contributed by atoms with Crippen molar-refractivity contribution in [2.45, 2.75) is 70.9 Å². The van der Waals surface area contributed by atoms with E-state index in [1.54, 1.807) is 0 Å². The summed E-state index contributed by atoms with van der Waals surface area (Å²) < 4.78 is 0. The molecule has 0 spiro atoms. The normalized spacial score (nSPS) is 34.2. The summed E-state index contributed by atoms with van der Waals surface area (Å²) in [5.74, 6) is 0. The lowest BCUT2D eigenvalue weighted by molar-refractivity contribution is 0.423. The molecule has 0 amide bonds. The molecule has 2 aliphatic carbocycles. The summed E-state index contributed by atoms with van der Waals surface area (Å²) in [7, 11) is 0. The van der Waals surface area contributed by atoms with Crippen molar-refractivity contribution in [1.82, 2.24) is 5.32 Å². The van der Waals surface area contributed by atoms with Gasteiger partial charge in [-0.05, 0) is 24.7 Å². The Bertz CT molecular complexity index is 166. The van der Waals surface area contributed by atoms with Crippen LogP contribution in [0.5, 0.6) is 0 Å². The zero-order valence-corrected chi connectivity index (χ0v) is 9.10. The zero-order valence-electron chi connectivity index (χ0n) is 9.10. The van der Waals surface area contributed by atoms with E-state index in [1.165, 1.54) is 44.9 Å². The van der Waals surface area contributed by atoms with Crippen LogP contribution in [-0.2, 0) is 0 Å². The molecule has 1 atom stereocenters. The van der Waals surface area contributed by atoms with E-state index in [9.17, 15) is 0 Å². The summed E-state index contributed by atoms with van der Waals surface area (Å²) in [6, 6.07) is 1.67. The maximum absolute atomic E-state index is 3.82. The Morgan fingerprint density at radius 3 is 2.00 bits per heavy atom. The van der Waals surface area contributed by atoms with E-state index < -0.39 is 0 Å². The first-order valence-electron chi connectivity index (χ1n) is 5.94. The Balaban J connectivity index is 1.74. The van der Waals surface area contributed by atoms with Gasteiger partial charge in [-0.1, -0.05) is 39.5 Å². The van der Waals surface area contributed by atoms with E-state index in [-0.39, 0.29) is 0 Å². The van der Waals surface area contributed by atoms with Crippen LogP contribution in [-0.4, -0.2) is 12.1 Å². The summed E-state index contributed by atoms with van der Waals surface area (Å²) in [5.41, 5.74) is 0.603. The van der Waals surface area contributed by atoms with Gasteiger partial charge in [0.15, 0.2) is 0 Å². The van der Waals surface area contributed by atoms with Crippen LogP contribution in [0, 0.1) is 5.41 Å². The smallest absolute Gasteiger partial charge is 0.0127 e. The number of nitrogens with one attached hydrogen (secondary N) is 1. The first-order chi connectivity index (χ1) is 6.18. The molecule has 0 heterocycles. The molecule has 0 bridgehead atoms. The maximum atomic E-state index is 3.82. The summed E-state index contributed by atoms with van der Waals surface area (Å²) >= 11 is 0. The van der Waals surface area contributed by atoms with Crippen LogP contribution < -0.4 is 5.32 Å². The molecule has 2 saturated carbocycles. The van der Waals surface area contributed by atoms with Gasteiger partial charge in [0.25, 0.3) is 0 Å². The topological polar surface area (TPSA) is 12.0 Å². The van der Waals surface area contributed by atoms with Gasteiger partial charge in [0.2, 0.25) is 0 Å². The predicted octanol–water partition coefficient (Wildman–Crippen LogP) is 3.10. The second kappa shape index (κ2) is 3.61. The third-order valence-corrected chi connectivity index (χ3v) is 3.81. The molecule has 0 aromatic rings. The van der Waals surface area contributed by atoms with Crippen molar-refractivity contribution < 1.29 is 0 Å². The van der Waals surface area contributed by atoms with Crippen LogP contribution >= 0.6 is 0 Å². The summed E-state index contributed by atoms with van der Waals surface area (Å²) in [6.45, 7) is 4.75. The molecule has 0 aromatic carbocycles. The van der Waals surface area contributed by atoms with Crippen LogP contribution in [0.25, 0.3) is 0 Å². The van der Waals surface area contributed by atoms with Gasteiger partial charge in [-0.25, -0.2) is 0 Å². The standard InChI is InChI=1S/C12H23N/c1-12(2)9-11(12)13-10-7-5-3-4-6-8-10/h10-11,13H,3-9H2,1-2H3. The van der Waals surface area contributed by atoms with E-state index in [1.807, 2.05) is 0 Å². The lowest BCUT2D eigenvalue weighted by Crippen LogP contribution is -2.32. The molecule has 2 rings (SSSR count). The molecular weight excluding hydrogens is 158 g/mol. The molecule has 1 nitrogen and oxygen atoms in total. The molecule has 2 aliphatic rings. The van der Waals surface area contributed by atoms with Crippen LogP contribution in [0.3, 0.4) is 0 Å². The molecule has 0 aliphatic heterocycles. The first-order valence-corrected chi connectivity index (χ1v) is 5.94. The molecule has 0 saturated heterocycles. The maximum Gasteiger partial charge on any atom is 0.0127 e. The van der Waals surface area contributed by atoms with Crippen LogP contribution in [0.2, 0.25) is 0 Å². The Morgan fingerprint density at radius 1 is 1.00 bits per heavy atom. The Morgan fingerprint density at radius 2 is 1.54 bits per heavy atom. The highest BCUT2D eigenvalue weighted by atomic mass is 15.0. The lowest BCUT2D eigenvalue weighted by Gasteiger charge is -2.17. The van der Waals surface area contributed by atoms with E-state index in [0.29, 0.717) is 5.41 Å². The number of hydrogen-bond donors (Lipinski definition) is 1. The lowest BCUT2D eigenvalue weighted by atomic mass is 10.1. The third-order valence-electron chi connectivity index (χ3n) is 3.81.